The fraction of sp³-hybridized carbons (Fsp3) is 0.467. The second kappa shape index (κ2) is 8.26. The Morgan fingerprint density at radius 3 is 2.38 bits per heavy atom. The molecule has 6 nitrogen and oxygen atoms in total. The fourth-order valence-corrected chi connectivity index (χ4v) is 2.03. The number of carbonyl (C=O) groups is 2. The highest BCUT2D eigenvalue weighted by Gasteiger charge is 2.17. The van der Waals surface area contributed by atoms with Gasteiger partial charge in [0.1, 0.15) is 0 Å². The van der Waals surface area contributed by atoms with E-state index in [0.717, 1.165) is 12.8 Å². The number of carbonyl (C=O) groups excluding carboxylic acids is 1. The molecule has 1 atom stereocenters. The maximum Gasteiger partial charge on any atom is 0.335 e. The van der Waals surface area contributed by atoms with E-state index in [9.17, 15) is 9.59 Å². The summed E-state index contributed by atoms with van der Waals surface area (Å²) >= 11 is 0. The van der Waals surface area contributed by atoms with Gasteiger partial charge in [-0.2, -0.15) is 0 Å². The molecule has 0 bridgehead atoms. The van der Waals surface area contributed by atoms with Crippen LogP contribution in [0.4, 0.5) is 10.5 Å². The maximum atomic E-state index is 12.2. The van der Waals surface area contributed by atoms with Crippen molar-refractivity contribution < 1.29 is 19.8 Å². The Bertz CT molecular complexity index is 473. The molecule has 116 valence electrons. The van der Waals surface area contributed by atoms with Crippen molar-refractivity contribution >= 4 is 17.7 Å². The number of aromatic carboxylic acids is 1. The first-order valence-corrected chi connectivity index (χ1v) is 7.01. The molecule has 0 aliphatic carbocycles. The zero-order chi connectivity index (χ0) is 15.8. The number of rotatable bonds is 7. The highest BCUT2D eigenvalue weighted by atomic mass is 16.4. The van der Waals surface area contributed by atoms with Crippen LogP contribution in [-0.2, 0) is 0 Å². The first-order valence-electron chi connectivity index (χ1n) is 7.01. The summed E-state index contributed by atoms with van der Waals surface area (Å²) in [5, 5.41) is 20.8. The van der Waals surface area contributed by atoms with Crippen LogP contribution in [0.15, 0.2) is 24.3 Å². The van der Waals surface area contributed by atoms with E-state index in [1.54, 1.807) is 12.1 Å². The number of hydrogen-bond donors (Lipinski definition) is 3. The molecule has 6 heteroatoms. The number of aliphatic hydroxyl groups is 1. The van der Waals surface area contributed by atoms with E-state index < -0.39 is 5.97 Å². The summed E-state index contributed by atoms with van der Waals surface area (Å²) in [5.74, 6) is -1.02. The minimum Gasteiger partial charge on any atom is -0.478 e. The molecule has 3 N–H and O–H groups in total. The summed E-state index contributed by atoms with van der Waals surface area (Å²) in [4.78, 5) is 24.5. The molecule has 0 aromatic heterocycles. The molecule has 1 aromatic rings. The van der Waals surface area contributed by atoms with E-state index in [4.69, 9.17) is 10.2 Å². The van der Waals surface area contributed by atoms with Gasteiger partial charge in [-0.3, -0.25) is 4.90 Å². The molecule has 0 saturated heterocycles. The standard InChI is InChI=1S/C15H22N2O4/c1-3-4-11(2)16-15(21)17(9-10-18)13-7-5-12(6-8-13)14(19)20/h5-8,11,18H,3-4,9-10H2,1-2H3,(H,16,21)(H,19,20). The highest BCUT2D eigenvalue weighted by Crippen LogP contribution is 2.16. The van der Waals surface area contributed by atoms with Gasteiger partial charge in [0.15, 0.2) is 0 Å². The van der Waals surface area contributed by atoms with Crippen molar-refractivity contribution in [3.8, 4) is 0 Å². The molecule has 0 aliphatic heterocycles. The van der Waals surface area contributed by atoms with Gasteiger partial charge in [-0.25, -0.2) is 9.59 Å². The Morgan fingerprint density at radius 1 is 1.29 bits per heavy atom. The van der Waals surface area contributed by atoms with Gasteiger partial charge in [0, 0.05) is 11.7 Å². The lowest BCUT2D eigenvalue weighted by molar-refractivity contribution is 0.0697. The predicted octanol–water partition coefficient (Wildman–Crippen LogP) is 2.08. The normalized spacial score (nSPS) is 11.8. The Labute approximate surface area is 124 Å². The number of urea groups is 1. The molecular weight excluding hydrogens is 272 g/mol. The van der Waals surface area contributed by atoms with Crippen molar-refractivity contribution in [2.45, 2.75) is 32.7 Å². The first-order chi connectivity index (χ1) is 9.99. The molecule has 0 heterocycles. The number of benzene rings is 1. The number of anilines is 1. The van der Waals surface area contributed by atoms with Crippen LogP contribution < -0.4 is 10.2 Å². The van der Waals surface area contributed by atoms with E-state index in [1.807, 2.05) is 13.8 Å². The van der Waals surface area contributed by atoms with Gasteiger partial charge in [0.25, 0.3) is 0 Å². The van der Waals surface area contributed by atoms with Crippen molar-refractivity contribution in [1.82, 2.24) is 5.32 Å². The van der Waals surface area contributed by atoms with Crippen LogP contribution >= 0.6 is 0 Å². The molecule has 0 spiro atoms. The van der Waals surface area contributed by atoms with Gasteiger partial charge < -0.3 is 15.5 Å². The fourth-order valence-electron chi connectivity index (χ4n) is 2.03. The van der Waals surface area contributed by atoms with Gasteiger partial charge in [-0.1, -0.05) is 13.3 Å². The van der Waals surface area contributed by atoms with E-state index in [0.29, 0.717) is 5.69 Å². The average Bonchev–Trinajstić information content (AvgIpc) is 2.45. The first kappa shape index (κ1) is 17.0. The molecule has 0 saturated carbocycles. The van der Waals surface area contributed by atoms with E-state index in [1.165, 1.54) is 17.0 Å². The summed E-state index contributed by atoms with van der Waals surface area (Å²) in [6.45, 7) is 3.94. The largest absolute Gasteiger partial charge is 0.478 e. The number of nitrogens with one attached hydrogen (secondary N) is 1. The number of hydrogen-bond acceptors (Lipinski definition) is 3. The Morgan fingerprint density at radius 2 is 1.90 bits per heavy atom. The van der Waals surface area contributed by atoms with Crippen LogP contribution in [0.2, 0.25) is 0 Å². The zero-order valence-corrected chi connectivity index (χ0v) is 12.4. The van der Waals surface area contributed by atoms with E-state index in [-0.39, 0.29) is 30.8 Å². The van der Waals surface area contributed by atoms with Crippen LogP contribution in [-0.4, -0.2) is 41.4 Å². The molecular formula is C15H22N2O4. The molecule has 1 aromatic carbocycles. The summed E-state index contributed by atoms with van der Waals surface area (Å²) in [5.41, 5.74) is 0.706. The minimum absolute atomic E-state index is 0.0435. The van der Waals surface area contributed by atoms with Crippen LogP contribution in [0, 0.1) is 0 Å². The number of amides is 2. The SMILES string of the molecule is CCCC(C)NC(=O)N(CCO)c1ccc(C(=O)O)cc1. The molecule has 0 radical (unpaired) electrons. The number of nitrogens with zero attached hydrogens (tertiary/aromatic N) is 1. The third kappa shape index (κ3) is 5.07. The number of carboxylic acid groups (broad SMARTS) is 1. The van der Waals surface area contributed by atoms with Crippen LogP contribution in [0.1, 0.15) is 37.0 Å². The van der Waals surface area contributed by atoms with Crippen LogP contribution in [0.3, 0.4) is 0 Å². The number of carboxylic acids is 1. The quantitative estimate of drug-likeness (QED) is 0.718. The molecule has 0 fully saturated rings. The maximum absolute atomic E-state index is 12.2. The second-order valence-corrected chi connectivity index (χ2v) is 4.87. The Balaban J connectivity index is 2.84. The molecule has 21 heavy (non-hydrogen) atoms. The van der Waals surface area contributed by atoms with Crippen LogP contribution in [0.5, 0.6) is 0 Å². The Kier molecular flexibility index (Phi) is 6.68. The van der Waals surface area contributed by atoms with Gasteiger partial charge >= 0.3 is 12.0 Å². The van der Waals surface area contributed by atoms with E-state index in [2.05, 4.69) is 5.32 Å². The van der Waals surface area contributed by atoms with Gasteiger partial charge in [-0.15, -0.1) is 0 Å². The third-order valence-corrected chi connectivity index (χ3v) is 3.09. The lowest BCUT2D eigenvalue weighted by Crippen LogP contribution is -2.45. The lowest BCUT2D eigenvalue weighted by Gasteiger charge is -2.24. The Hall–Kier alpha value is -2.08. The smallest absolute Gasteiger partial charge is 0.335 e. The molecule has 2 amide bonds. The summed E-state index contributed by atoms with van der Waals surface area (Å²) in [7, 11) is 0. The van der Waals surface area contributed by atoms with E-state index >= 15 is 0 Å². The monoisotopic (exact) mass is 294 g/mol. The van der Waals surface area contributed by atoms with Crippen molar-refractivity contribution in [1.29, 1.82) is 0 Å². The van der Waals surface area contributed by atoms with Crippen molar-refractivity contribution in [2.75, 3.05) is 18.1 Å². The van der Waals surface area contributed by atoms with Crippen LogP contribution in [0.25, 0.3) is 0 Å². The summed E-state index contributed by atoms with van der Waals surface area (Å²) < 4.78 is 0. The molecule has 1 rings (SSSR count). The predicted molar refractivity (Wildman–Crippen MR) is 80.7 cm³/mol. The minimum atomic E-state index is -1.02. The zero-order valence-electron chi connectivity index (χ0n) is 12.4. The average molecular weight is 294 g/mol. The summed E-state index contributed by atoms with van der Waals surface area (Å²) in [6, 6.07) is 5.73. The van der Waals surface area contributed by atoms with Crippen molar-refractivity contribution in [3.05, 3.63) is 29.8 Å². The van der Waals surface area contributed by atoms with Gasteiger partial charge in [-0.05, 0) is 37.6 Å². The second-order valence-electron chi connectivity index (χ2n) is 4.87. The van der Waals surface area contributed by atoms with Crippen molar-refractivity contribution in [2.24, 2.45) is 0 Å². The van der Waals surface area contributed by atoms with Gasteiger partial charge in [0.05, 0.1) is 18.7 Å². The molecule has 1 unspecified atom stereocenters. The number of aliphatic hydroxyl groups excluding tert-OH is 1. The third-order valence-electron chi connectivity index (χ3n) is 3.09. The lowest BCUT2D eigenvalue weighted by atomic mass is 10.2. The van der Waals surface area contributed by atoms with Crippen molar-refractivity contribution in [3.63, 3.8) is 0 Å². The van der Waals surface area contributed by atoms with Gasteiger partial charge in [0.2, 0.25) is 0 Å². The molecule has 0 aliphatic rings. The highest BCUT2D eigenvalue weighted by molar-refractivity contribution is 5.93. The topological polar surface area (TPSA) is 89.9 Å². The summed E-state index contributed by atoms with van der Waals surface area (Å²) in [6.07, 6.45) is 1.84.